The average Bonchev–Trinajstić information content (AvgIpc) is 3.44. The van der Waals surface area contributed by atoms with Crippen LogP contribution in [-0.4, -0.2) is 34.3 Å². The van der Waals surface area contributed by atoms with E-state index in [1.165, 1.54) is 28.6 Å². The van der Waals surface area contributed by atoms with E-state index in [0.29, 0.717) is 19.0 Å². The molecule has 2 aromatic carbocycles. The van der Waals surface area contributed by atoms with Gasteiger partial charge in [-0.2, -0.15) is 4.98 Å². The van der Waals surface area contributed by atoms with Crippen molar-refractivity contribution in [1.29, 1.82) is 0 Å². The Bertz CT molecular complexity index is 925. The van der Waals surface area contributed by atoms with E-state index >= 15 is 0 Å². The molecule has 6 nitrogen and oxygen atoms in total. The van der Waals surface area contributed by atoms with E-state index in [2.05, 4.69) is 34.4 Å². The fourth-order valence-corrected chi connectivity index (χ4v) is 4.25. The SMILES string of the molecule is O=C(OCC1c2ccccc2-c2ccccc21)N1CCC[C@H]1c1ncno1. The Kier molecular flexibility index (Phi) is 3.89. The van der Waals surface area contributed by atoms with E-state index in [0.717, 1.165) is 12.8 Å². The van der Waals surface area contributed by atoms with E-state index in [9.17, 15) is 4.79 Å². The van der Waals surface area contributed by atoms with Gasteiger partial charge in [0.15, 0.2) is 6.33 Å². The first-order valence-electron chi connectivity index (χ1n) is 9.21. The number of rotatable bonds is 3. The number of ether oxygens (including phenoxy) is 1. The van der Waals surface area contributed by atoms with Gasteiger partial charge in [-0.15, -0.1) is 0 Å². The van der Waals surface area contributed by atoms with Crippen LogP contribution < -0.4 is 0 Å². The summed E-state index contributed by atoms with van der Waals surface area (Å²) >= 11 is 0. The summed E-state index contributed by atoms with van der Waals surface area (Å²) in [6.45, 7) is 0.962. The minimum Gasteiger partial charge on any atom is -0.448 e. The lowest BCUT2D eigenvalue weighted by Crippen LogP contribution is -2.32. The third-order valence-electron chi connectivity index (χ3n) is 5.49. The molecule has 5 rings (SSSR count). The van der Waals surface area contributed by atoms with Crippen LogP contribution in [0.15, 0.2) is 59.4 Å². The fourth-order valence-electron chi connectivity index (χ4n) is 4.25. The predicted molar refractivity (Wildman–Crippen MR) is 98.0 cm³/mol. The highest BCUT2D eigenvalue weighted by atomic mass is 16.6. The van der Waals surface area contributed by atoms with E-state index in [-0.39, 0.29) is 18.1 Å². The highest BCUT2D eigenvalue weighted by molar-refractivity contribution is 5.79. The molecule has 0 radical (unpaired) electrons. The van der Waals surface area contributed by atoms with Crippen molar-refractivity contribution in [3.63, 3.8) is 0 Å². The molecule has 0 spiro atoms. The number of carbonyl (C=O) groups excluding carboxylic acids is 1. The highest BCUT2D eigenvalue weighted by Gasteiger charge is 2.36. The molecule has 0 N–H and O–H groups in total. The zero-order valence-electron chi connectivity index (χ0n) is 14.7. The van der Waals surface area contributed by atoms with E-state index in [1.54, 1.807) is 4.90 Å². The van der Waals surface area contributed by atoms with E-state index < -0.39 is 0 Å². The summed E-state index contributed by atoms with van der Waals surface area (Å²) in [5.74, 6) is 0.534. The minimum absolute atomic E-state index is 0.0609. The van der Waals surface area contributed by atoms with Crippen LogP contribution in [0.1, 0.15) is 41.8 Å². The van der Waals surface area contributed by atoms with Crippen molar-refractivity contribution in [2.24, 2.45) is 0 Å². The molecule has 1 saturated heterocycles. The molecule has 1 amide bonds. The predicted octanol–water partition coefficient (Wildman–Crippen LogP) is 4.16. The van der Waals surface area contributed by atoms with Crippen molar-refractivity contribution in [3.05, 3.63) is 71.9 Å². The standard InChI is InChI=1S/C21H19N3O3/c25-21(24-11-5-10-19(24)20-22-13-23-27-20)26-12-18-16-8-3-1-6-14(16)15-7-2-4-9-17(15)18/h1-4,6-9,13,18-19H,5,10-12H2/t19-/m0/s1. The van der Waals surface area contributed by atoms with Gasteiger partial charge in [-0.3, -0.25) is 4.90 Å². The first-order chi connectivity index (χ1) is 13.3. The summed E-state index contributed by atoms with van der Waals surface area (Å²) in [7, 11) is 0. The van der Waals surface area contributed by atoms with Gasteiger partial charge in [0.25, 0.3) is 0 Å². The van der Waals surface area contributed by atoms with Gasteiger partial charge < -0.3 is 9.26 Å². The number of hydrogen-bond donors (Lipinski definition) is 0. The molecule has 1 aromatic heterocycles. The molecule has 0 unspecified atom stereocenters. The molecule has 2 aliphatic rings. The lowest BCUT2D eigenvalue weighted by molar-refractivity contribution is 0.0899. The maximum atomic E-state index is 12.7. The topological polar surface area (TPSA) is 68.5 Å². The zero-order valence-corrected chi connectivity index (χ0v) is 14.7. The van der Waals surface area contributed by atoms with E-state index in [4.69, 9.17) is 9.26 Å². The van der Waals surface area contributed by atoms with Crippen LogP contribution in [-0.2, 0) is 4.74 Å². The van der Waals surface area contributed by atoms with Crippen molar-refractivity contribution < 1.29 is 14.1 Å². The normalized spacial score (nSPS) is 18.4. The van der Waals surface area contributed by atoms with Crippen molar-refractivity contribution >= 4 is 6.09 Å². The van der Waals surface area contributed by atoms with Crippen LogP contribution in [0.2, 0.25) is 0 Å². The molecule has 1 aliphatic heterocycles. The van der Waals surface area contributed by atoms with Crippen LogP contribution in [0.4, 0.5) is 4.79 Å². The molecule has 0 bridgehead atoms. The maximum absolute atomic E-state index is 12.7. The van der Waals surface area contributed by atoms with Gasteiger partial charge in [-0.25, -0.2) is 4.79 Å². The van der Waals surface area contributed by atoms with Crippen LogP contribution in [0.3, 0.4) is 0 Å². The van der Waals surface area contributed by atoms with Gasteiger partial charge in [0.05, 0.1) is 0 Å². The summed E-state index contributed by atoms with van der Waals surface area (Å²) in [5, 5.41) is 3.65. The smallest absolute Gasteiger partial charge is 0.410 e. The quantitative estimate of drug-likeness (QED) is 0.701. The van der Waals surface area contributed by atoms with Crippen molar-refractivity contribution in [1.82, 2.24) is 15.0 Å². The van der Waals surface area contributed by atoms with Crippen LogP contribution >= 0.6 is 0 Å². The second-order valence-electron chi connectivity index (χ2n) is 6.93. The average molecular weight is 361 g/mol. The molecule has 1 aliphatic carbocycles. The van der Waals surface area contributed by atoms with Gasteiger partial charge in [0.1, 0.15) is 12.6 Å². The van der Waals surface area contributed by atoms with Crippen LogP contribution in [0.25, 0.3) is 11.1 Å². The van der Waals surface area contributed by atoms with Gasteiger partial charge in [-0.05, 0) is 35.1 Å². The fraction of sp³-hybridized carbons (Fsp3) is 0.286. The number of aromatic nitrogens is 2. The number of amides is 1. The first kappa shape index (κ1) is 16.1. The number of benzene rings is 2. The zero-order chi connectivity index (χ0) is 18.2. The van der Waals surface area contributed by atoms with Crippen molar-refractivity contribution in [3.8, 4) is 11.1 Å². The number of likely N-dealkylation sites (tertiary alicyclic amines) is 1. The summed E-state index contributed by atoms with van der Waals surface area (Å²) in [4.78, 5) is 18.5. The molecule has 136 valence electrons. The lowest BCUT2D eigenvalue weighted by atomic mass is 9.98. The Labute approximate surface area is 156 Å². The van der Waals surface area contributed by atoms with Gasteiger partial charge >= 0.3 is 6.09 Å². The molecule has 6 heteroatoms. The van der Waals surface area contributed by atoms with E-state index in [1.807, 2.05) is 24.3 Å². The number of hydrogen-bond acceptors (Lipinski definition) is 5. The summed E-state index contributed by atoms with van der Waals surface area (Å²) < 4.78 is 10.9. The molecule has 0 saturated carbocycles. The van der Waals surface area contributed by atoms with Crippen molar-refractivity contribution in [2.45, 2.75) is 24.8 Å². The number of carbonyl (C=O) groups is 1. The molecule has 3 aromatic rings. The van der Waals surface area contributed by atoms with Crippen LogP contribution in [0, 0.1) is 0 Å². The molecule has 1 atom stereocenters. The molecule has 2 heterocycles. The largest absolute Gasteiger partial charge is 0.448 e. The lowest BCUT2D eigenvalue weighted by Gasteiger charge is -2.22. The minimum atomic E-state index is -0.322. The van der Waals surface area contributed by atoms with Gasteiger partial charge in [-0.1, -0.05) is 53.7 Å². The summed E-state index contributed by atoms with van der Waals surface area (Å²) in [5.41, 5.74) is 4.86. The Morgan fingerprint density at radius 1 is 1.11 bits per heavy atom. The number of nitrogens with zero attached hydrogens (tertiary/aromatic N) is 3. The van der Waals surface area contributed by atoms with Gasteiger partial charge in [0, 0.05) is 12.5 Å². The third kappa shape index (κ3) is 2.68. The monoisotopic (exact) mass is 361 g/mol. The first-order valence-corrected chi connectivity index (χ1v) is 9.21. The summed E-state index contributed by atoms with van der Waals surface area (Å²) in [6, 6.07) is 16.5. The second-order valence-corrected chi connectivity index (χ2v) is 6.93. The Balaban J connectivity index is 1.35. The highest BCUT2D eigenvalue weighted by Crippen LogP contribution is 2.44. The van der Waals surface area contributed by atoms with Crippen molar-refractivity contribution in [2.75, 3.05) is 13.2 Å². The number of fused-ring (bicyclic) bond motifs is 3. The Morgan fingerprint density at radius 3 is 2.48 bits per heavy atom. The molecule has 1 fully saturated rings. The molecule has 27 heavy (non-hydrogen) atoms. The Morgan fingerprint density at radius 2 is 1.81 bits per heavy atom. The van der Waals surface area contributed by atoms with Crippen LogP contribution in [0.5, 0.6) is 0 Å². The Hall–Kier alpha value is -3.15. The third-order valence-corrected chi connectivity index (χ3v) is 5.49. The summed E-state index contributed by atoms with van der Waals surface area (Å²) in [6.07, 6.45) is 2.75. The second kappa shape index (κ2) is 6.54. The van der Waals surface area contributed by atoms with Gasteiger partial charge in [0.2, 0.25) is 5.89 Å². The molecular weight excluding hydrogens is 342 g/mol. The molecular formula is C21H19N3O3. The maximum Gasteiger partial charge on any atom is 0.410 e.